The van der Waals surface area contributed by atoms with E-state index in [-0.39, 0.29) is 17.1 Å². The van der Waals surface area contributed by atoms with Gasteiger partial charge in [-0.2, -0.15) is 0 Å². The fourth-order valence-corrected chi connectivity index (χ4v) is 2.48. The molecule has 0 spiro atoms. The lowest BCUT2D eigenvalue weighted by Crippen LogP contribution is -1.96. The quantitative estimate of drug-likeness (QED) is 0.611. The Morgan fingerprint density at radius 1 is 1.09 bits per heavy atom. The van der Waals surface area contributed by atoms with Gasteiger partial charge in [0, 0.05) is 4.47 Å². The van der Waals surface area contributed by atoms with E-state index < -0.39 is 5.78 Å². The zero-order valence-electron chi connectivity index (χ0n) is 12.5. The van der Waals surface area contributed by atoms with Crippen molar-refractivity contribution in [1.82, 2.24) is 0 Å². The smallest absolute Gasteiger partial charge is 0.193 e. The van der Waals surface area contributed by atoms with Crippen LogP contribution in [0.1, 0.15) is 15.9 Å². The maximum absolute atomic E-state index is 12.2. The van der Waals surface area contributed by atoms with Crippen LogP contribution >= 0.6 is 15.9 Å². The Kier molecular flexibility index (Phi) is 5.28. The van der Waals surface area contributed by atoms with Crippen molar-refractivity contribution in [3.8, 4) is 23.0 Å². The molecule has 2 N–H and O–H groups in total. The van der Waals surface area contributed by atoms with E-state index in [4.69, 9.17) is 9.47 Å². The van der Waals surface area contributed by atoms with Crippen LogP contribution in [0.2, 0.25) is 0 Å². The third-order valence-electron chi connectivity index (χ3n) is 3.18. The Hall–Kier alpha value is -2.47. The van der Waals surface area contributed by atoms with Crippen molar-refractivity contribution in [3.63, 3.8) is 0 Å². The average molecular weight is 379 g/mol. The van der Waals surface area contributed by atoms with Crippen LogP contribution in [0.3, 0.4) is 0 Å². The number of halogens is 1. The molecule has 23 heavy (non-hydrogen) atoms. The van der Waals surface area contributed by atoms with Gasteiger partial charge in [0.05, 0.1) is 14.2 Å². The van der Waals surface area contributed by atoms with Gasteiger partial charge >= 0.3 is 0 Å². The Morgan fingerprint density at radius 3 is 2.22 bits per heavy atom. The van der Waals surface area contributed by atoms with Gasteiger partial charge in [-0.3, -0.25) is 4.79 Å². The second-order valence-corrected chi connectivity index (χ2v) is 5.45. The van der Waals surface area contributed by atoms with Gasteiger partial charge in [-0.05, 0) is 42.0 Å². The summed E-state index contributed by atoms with van der Waals surface area (Å²) < 4.78 is 11.1. The molecule has 0 bridgehead atoms. The van der Waals surface area contributed by atoms with E-state index in [0.29, 0.717) is 21.5 Å². The molecular formula is C17H15BrO5. The van der Waals surface area contributed by atoms with Crippen LogP contribution in [0.15, 0.2) is 40.9 Å². The lowest BCUT2D eigenvalue weighted by molar-refractivity contribution is 0.104. The molecular weight excluding hydrogens is 364 g/mol. The molecule has 2 rings (SSSR count). The number of ketones is 1. The SMILES string of the molecule is COc1cc(Br)c(/C=C/C(=O)c2c(O)cccc2O)cc1OC. The van der Waals surface area contributed by atoms with Gasteiger partial charge in [-0.25, -0.2) is 0 Å². The Morgan fingerprint density at radius 2 is 1.65 bits per heavy atom. The Bertz CT molecular complexity index is 748. The van der Waals surface area contributed by atoms with Gasteiger partial charge in [0.2, 0.25) is 0 Å². The summed E-state index contributed by atoms with van der Waals surface area (Å²) in [5.41, 5.74) is 0.547. The zero-order chi connectivity index (χ0) is 17.0. The monoisotopic (exact) mass is 378 g/mol. The summed E-state index contributed by atoms with van der Waals surface area (Å²) in [6, 6.07) is 7.56. The first kappa shape index (κ1) is 16.9. The number of phenols is 2. The summed E-state index contributed by atoms with van der Waals surface area (Å²) in [6.45, 7) is 0. The maximum Gasteiger partial charge on any atom is 0.193 e. The van der Waals surface area contributed by atoms with Gasteiger partial charge in [-0.1, -0.05) is 22.0 Å². The van der Waals surface area contributed by atoms with Crippen molar-refractivity contribution in [2.24, 2.45) is 0 Å². The van der Waals surface area contributed by atoms with Gasteiger partial charge in [0.25, 0.3) is 0 Å². The number of rotatable bonds is 5. The number of phenolic OH excluding ortho intramolecular Hbond substituents is 2. The number of methoxy groups -OCH3 is 2. The van der Waals surface area contributed by atoms with Crippen LogP contribution in [0.4, 0.5) is 0 Å². The molecule has 0 aliphatic carbocycles. The summed E-state index contributed by atoms with van der Waals surface area (Å²) in [5.74, 6) is 0.0220. The molecule has 0 aromatic heterocycles. The molecule has 0 saturated carbocycles. The lowest BCUT2D eigenvalue weighted by Gasteiger charge is -2.09. The first-order valence-corrected chi connectivity index (χ1v) is 7.42. The van der Waals surface area contributed by atoms with Crippen molar-refractivity contribution >= 4 is 27.8 Å². The van der Waals surface area contributed by atoms with E-state index in [1.807, 2.05) is 0 Å². The van der Waals surface area contributed by atoms with E-state index in [0.717, 1.165) is 0 Å². The van der Waals surface area contributed by atoms with E-state index in [1.165, 1.54) is 38.5 Å². The predicted octanol–water partition coefficient (Wildman–Crippen LogP) is 3.77. The van der Waals surface area contributed by atoms with Crippen molar-refractivity contribution in [2.45, 2.75) is 0 Å². The molecule has 5 nitrogen and oxygen atoms in total. The van der Waals surface area contributed by atoms with E-state index in [1.54, 1.807) is 18.2 Å². The van der Waals surface area contributed by atoms with E-state index >= 15 is 0 Å². The first-order valence-electron chi connectivity index (χ1n) is 6.62. The average Bonchev–Trinajstić information content (AvgIpc) is 2.53. The summed E-state index contributed by atoms with van der Waals surface area (Å²) >= 11 is 3.39. The summed E-state index contributed by atoms with van der Waals surface area (Å²) in [7, 11) is 3.05. The highest BCUT2D eigenvalue weighted by Gasteiger charge is 2.14. The van der Waals surface area contributed by atoms with Gasteiger partial charge in [0.15, 0.2) is 17.3 Å². The summed E-state index contributed by atoms with van der Waals surface area (Å²) in [5, 5.41) is 19.4. The molecule has 2 aromatic carbocycles. The van der Waals surface area contributed by atoms with Crippen molar-refractivity contribution in [1.29, 1.82) is 0 Å². The highest BCUT2D eigenvalue weighted by Crippen LogP contribution is 2.34. The zero-order valence-corrected chi connectivity index (χ0v) is 14.1. The van der Waals surface area contributed by atoms with Crippen LogP contribution in [0, 0.1) is 0 Å². The number of allylic oxidation sites excluding steroid dienone is 1. The molecule has 0 unspecified atom stereocenters. The fourth-order valence-electron chi connectivity index (χ4n) is 2.03. The maximum atomic E-state index is 12.2. The largest absolute Gasteiger partial charge is 0.507 e. The molecule has 6 heteroatoms. The number of carbonyl (C=O) groups excluding carboxylic acids is 1. The van der Waals surface area contributed by atoms with Crippen LogP contribution in [0.5, 0.6) is 23.0 Å². The molecule has 0 atom stereocenters. The van der Waals surface area contributed by atoms with E-state index in [2.05, 4.69) is 15.9 Å². The third-order valence-corrected chi connectivity index (χ3v) is 3.87. The van der Waals surface area contributed by atoms with Gasteiger partial charge < -0.3 is 19.7 Å². The van der Waals surface area contributed by atoms with Gasteiger partial charge in [0.1, 0.15) is 17.1 Å². The van der Waals surface area contributed by atoms with Gasteiger partial charge in [-0.15, -0.1) is 0 Å². The number of hydrogen-bond donors (Lipinski definition) is 2. The summed E-state index contributed by atoms with van der Waals surface area (Å²) in [4.78, 5) is 12.2. The number of benzene rings is 2. The Labute approximate surface area is 141 Å². The normalized spacial score (nSPS) is 10.7. The molecule has 2 aromatic rings. The van der Waals surface area contributed by atoms with E-state index in [9.17, 15) is 15.0 Å². The molecule has 120 valence electrons. The number of hydrogen-bond acceptors (Lipinski definition) is 5. The minimum Gasteiger partial charge on any atom is -0.507 e. The van der Waals surface area contributed by atoms with Crippen LogP contribution in [0.25, 0.3) is 6.08 Å². The standard InChI is InChI=1S/C17H15BrO5/c1-22-15-8-10(11(18)9-16(15)23-2)6-7-14(21)17-12(19)4-3-5-13(17)20/h3-9,19-20H,1-2H3/b7-6+. The molecule has 0 aliphatic heterocycles. The highest BCUT2D eigenvalue weighted by atomic mass is 79.9. The second-order valence-electron chi connectivity index (χ2n) is 4.60. The van der Waals surface area contributed by atoms with Crippen molar-refractivity contribution < 1.29 is 24.5 Å². The topological polar surface area (TPSA) is 76.0 Å². The molecule has 0 saturated heterocycles. The fraction of sp³-hybridized carbons (Fsp3) is 0.118. The summed E-state index contributed by atoms with van der Waals surface area (Å²) in [6.07, 6.45) is 2.82. The number of ether oxygens (including phenoxy) is 2. The number of carbonyl (C=O) groups is 1. The third kappa shape index (κ3) is 3.65. The van der Waals surface area contributed by atoms with Crippen LogP contribution in [-0.2, 0) is 0 Å². The number of aromatic hydroxyl groups is 2. The highest BCUT2D eigenvalue weighted by molar-refractivity contribution is 9.10. The predicted molar refractivity (Wildman–Crippen MR) is 90.4 cm³/mol. The minimum atomic E-state index is -0.512. The van der Waals surface area contributed by atoms with Crippen molar-refractivity contribution in [3.05, 3.63) is 52.0 Å². The van der Waals surface area contributed by atoms with Crippen molar-refractivity contribution in [2.75, 3.05) is 14.2 Å². The Balaban J connectivity index is 2.35. The minimum absolute atomic E-state index is 0.139. The molecule has 0 fully saturated rings. The van der Waals surface area contributed by atoms with Crippen LogP contribution < -0.4 is 9.47 Å². The molecule has 0 aliphatic rings. The molecule has 0 heterocycles. The van der Waals surface area contributed by atoms with Crippen LogP contribution in [-0.4, -0.2) is 30.2 Å². The molecule has 0 amide bonds. The first-order chi connectivity index (χ1) is 11.0. The lowest BCUT2D eigenvalue weighted by atomic mass is 10.1. The second kappa shape index (κ2) is 7.19. The molecule has 0 radical (unpaired) electrons.